The van der Waals surface area contributed by atoms with Gasteiger partial charge in [-0.2, -0.15) is 5.26 Å². The summed E-state index contributed by atoms with van der Waals surface area (Å²) < 4.78 is 39.5. The number of nitriles is 1. The zero-order chi connectivity index (χ0) is 11.6. The van der Waals surface area contributed by atoms with Crippen LogP contribution in [0.4, 0.5) is 13.2 Å². The van der Waals surface area contributed by atoms with Crippen molar-refractivity contribution in [1.82, 2.24) is 4.98 Å². The number of halogens is 5. The van der Waals surface area contributed by atoms with Crippen molar-refractivity contribution in [3.63, 3.8) is 0 Å². The van der Waals surface area contributed by atoms with E-state index in [1.807, 2.05) is 0 Å². The third kappa shape index (κ3) is 3.07. The van der Waals surface area contributed by atoms with Crippen molar-refractivity contribution in [2.75, 3.05) is 0 Å². The molecule has 0 aliphatic rings. The van der Waals surface area contributed by atoms with Crippen molar-refractivity contribution in [2.24, 2.45) is 0 Å². The quantitative estimate of drug-likeness (QED) is 0.733. The summed E-state index contributed by atoms with van der Waals surface area (Å²) in [4.78, 5) is 3.57. The topological polar surface area (TPSA) is 45.9 Å². The van der Waals surface area contributed by atoms with E-state index < -0.39 is 12.1 Å². The van der Waals surface area contributed by atoms with Crippen molar-refractivity contribution in [3.8, 4) is 11.8 Å². The Labute approximate surface area is 99.1 Å². The molecule has 0 saturated carbocycles. The van der Waals surface area contributed by atoms with Crippen molar-refractivity contribution in [1.29, 1.82) is 5.26 Å². The lowest BCUT2D eigenvalue weighted by molar-refractivity contribution is -0.275. The van der Waals surface area contributed by atoms with E-state index in [2.05, 4.69) is 41.6 Å². The Morgan fingerprint density at radius 3 is 2.47 bits per heavy atom. The highest BCUT2D eigenvalue weighted by Crippen LogP contribution is 2.35. The number of pyridine rings is 1. The van der Waals surface area contributed by atoms with E-state index in [4.69, 9.17) is 5.26 Å². The smallest absolute Gasteiger partial charge is 0.401 e. The van der Waals surface area contributed by atoms with Crippen molar-refractivity contribution >= 4 is 31.9 Å². The van der Waals surface area contributed by atoms with Gasteiger partial charge in [-0.15, -0.1) is 13.2 Å². The molecule has 0 aliphatic heterocycles. The molecule has 0 radical (unpaired) electrons. The molecule has 3 nitrogen and oxygen atoms in total. The number of nitrogens with zero attached hydrogens (tertiary/aromatic N) is 2. The summed E-state index contributed by atoms with van der Waals surface area (Å²) in [5, 5.41) is 8.64. The monoisotopic (exact) mass is 344 g/mol. The summed E-state index contributed by atoms with van der Waals surface area (Å²) >= 11 is 5.66. The van der Waals surface area contributed by atoms with Gasteiger partial charge in [0.1, 0.15) is 16.2 Å². The molecule has 1 heterocycles. The molecule has 1 aromatic rings. The van der Waals surface area contributed by atoms with Gasteiger partial charge in [-0.25, -0.2) is 4.98 Å². The Kier molecular flexibility index (Phi) is 3.57. The van der Waals surface area contributed by atoms with Crippen LogP contribution in [0.15, 0.2) is 15.3 Å². The second-order valence-electron chi connectivity index (χ2n) is 2.26. The average Bonchev–Trinajstić information content (AvgIpc) is 2.10. The van der Waals surface area contributed by atoms with E-state index >= 15 is 0 Å². The average molecular weight is 346 g/mol. The second-order valence-corrected chi connectivity index (χ2v) is 3.87. The highest BCUT2D eigenvalue weighted by Gasteiger charge is 2.34. The minimum absolute atomic E-state index is 0.132. The van der Waals surface area contributed by atoms with Crippen LogP contribution in [-0.4, -0.2) is 11.3 Å². The van der Waals surface area contributed by atoms with E-state index in [9.17, 15) is 13.2 Å². The van der Waals surface area contributed by atoms with Crippen LogP contribution in [0.3, 0.4) is 0 Å². The molecular formula is C7HBr2F3N2O. The maximum absolute atomic E-state index is 12.0. The Hall–Kier alpha value is -0.810. The number of hydrogen-bond donors (Lipinski definition) is 0. The van der Waals surface area contributed by atoms with Crippen LogP contribution in [0.5, 0.6) is 5.75 Å². The van der Waals surface area contributed by atoms with E-state index in [0.29, 0.717) is 0 Å². The first-order valence-electron chi connectivity index (χ1n) is 3.35. The Morgan fingerprint density at radius 2 is 2.00 bits per heavy atom. The molecule has 0 amide bonds. The molecule has 1 rings (SSSR count). The zero-order valence-corrected chi connectivity index (χ0v) is 9.94. The predicted octanol–water partition coefficient (Wildman–Crippen LogP) is 3.38. The molecule has 0 aromatic carbocycles. The molecule has 0 spiro atoms. The molecule has 0 fully saturated rings. The van der Waals surface area contributed by atoms with Gasteiger partial charge in [0.2, 0.25) is 0 Å². The second kappa shape index (κ2) is 4.37. The summed E-state index contributed by atoms with van der Waals surface area (Å²) in [7, 11) is 0. The molecule has 0 bridgehead atoms. The number of rotatable bonds is 1. The number of aromatic nitrogens is 1. The summed E-state index contributed by atoms with van der Waals surface area (Å²) in [6, 6.07) is 1.59. The van der Waals surface area contributed by atoms with Gasteiger partial charge >= 0.3 is 6.36 Å². The molecule has 15 heavy (non-hydrogen) atoms. The van der Waals surface area contributed by atoms with Crippen molar-refractivity contribution in [3.05, 3.63) is 20.8 Å². The molecule has 0 atom stereocenters. The van der Waals surface area contributed by atoms with E-state index in [0.717, 1.165) is 0 Å². The molecule has 0 aliphatic carbocycles. The third-order valence-electron chi connectivity index (χ3n) is 1.27. The zero-order valence-electron chi connectivity index (χ0n) is 6.77. The molecule has 1 aromatic heterocycles. The fourth-order valence-corrected chi connectivity index (χ4v) is 1.51. The molecule has 0 N–H and O–H groups in total. The van der Waals surface area contributed by atoms with Gasteiger partial charge in [0.25, 0.3) is 0 Å². The van der Waals surface area contributed by atoms with E-state index in [1.165, 1.54) is 6.20 Å². The highest BCUT2D eigenvalue weighted by atomic mass is 79.9. The van der Waals surface area contributed by atoms with Crippen LogP contribution in [0.1, 0.15) is 5.56 Å². The van der Waals surface area contributed by atoms with Crippen LogP contribution >= 0.6 is 31.9 Å². The molecular weight excluding hydrogens is 345 g/mol. The summed E-state index contributed by atoms with van der Waals surface area (Å²) in [5.41, 5.74) is -0.269. The van der Waals surface area contributed by atoms with Gasteiger partial charge in [-0.1, -0.05) is 0 Å². The largest absolute Gasteiger partial charge is 0.573 e. The van der Waals surface area contributed by atoms with Crippen LogP contribution in [-0.2, 0) is 0 Å². The Bertz CT molecular complexity index is 427. The lowest BCUT2D eigenvalue weighted by Gasteiger charge is -2.11. The van der Waals surface area contributed by atoms with Gasteiger partial charge < -0.3 is 4.74 Å². The lowest BCUT2D eigenvalue weighted by Crippen LogP contribution is -2.18. The molecule has 80 valence electrons. The Morgan fingerprint density at radius 1 is 1.40 bits per heavy atom. The lowest BCUT2D eigenvalue weighted by atomic mass is 10.3. The summed E-state index contributed by atoms with van der Waals surface area (Å²) in [5.74, 6) is -0.653. The highest BCUT2D eigenvalue weighted by molar-refractivity contribution is 9.11. The summed E-state index contributed by atoms with van der Waals surface area (Å²) in [6.07, 6.45) is -3.66. The molecule has 0 saturated heterocycles. The van der Waals surface area contributed by atoms with Crippen LogP contribution in [0.25, 0.3) is 0 Å². The number of hydrogen-bond acceptors (Lipinski definition) is 3. The summed E-state index contributed by atoms with van der Waals surface area (Å²) in [6.45, 7) is 0. The molecule has 0 unspecified atom stereocenters. The number of alkyl halides is 3. The Balaban J connectivity index is 3.28. The third-order valence-corrected chi connectivity index (χ3v) is 2.44. The van der Waals surface area contributed by atoms with Crippen LogP contribution in [0.2, 0.25) is 0 Å². The van der Waals surface area contributed by atoms with Gasteiger partial charge in [0.15, 0.2) is 5.75 Å². The fourth-order valence-electron chi connectivity index (χ4n) is 0.761. The maximum Gasteiger partial charge on any atom is 0.573 e. The van der Waals surface area contributed by atoms with Gasteiger partial charge in [-0.05, 0) is 31.9 Å². The van der Waals surface area contributed by atoms with Gasteiger partial charge in [-0.3, -0.25) is 0 Å². The first kappa shape index (κ1) is 12.3. The fraction of sp³-hybridized carbons (Fsp3) is 0.143. The first-order valence-corrected chi connectivity index (χ1v) is 4.93. The van der Waals surface area contributed by atoms with Crippen molar-refractivity contribution < 1.29 is 17.9 Å². The van der Waals surface area contributed by atoms with Gasteiger partial charge in [0, 0.05) is 6.20 Å². The van der Waals surface area contributed by atoms with E-state index in [-0.39, 0.29) is 14.6 Å². The predicted molar refractivity (Wildman–Crippen MR) is 51.0 cm³/mol. The SMILES string of the molecule is N#Cc1c(Br)cnc(Br)c1OC(F)(F)F. The molecule has 8 heteroatoms. The standard InChI is InChI=1S/C7HBr2F3N2O/c8-4-2-14-6(9)5(3(4)1-13)15-7(10,11)12/h2H. The van der Waals surface area contributed by atoms with E-state index in [1.54, 1.807) is 6.07 Å². The minimum atomic E-state index is -4.86. The van der Waals surface area contributed by atoms with Crippen LogP contribution < -0.4 is 4.74 Å². The van der Waals surface area contributed by atoms with Crippen molar-refractivity contribution in [2.45, 2.75) is 6.36 Å². The maximum atomic E-state index is 12.0. The number of ether oxygens (including phenoxy) is 1. The van der Waals surface area contributed by atoms with Crippen LogP contribution in [0, 0.1) is 11.3 Å². The normalized spacial score (nSPS) is 10.9. The minimum Gasteiger partial charge on any atom is -0.401 e. The first-order chi connectivity index (χ1) is 6.85. The van der Waals surface area contributed by atoms with Gasteiger partial charge in [0.05, 0.1) is 4.47 Å².